The molecule has 0 aliphatic heterocycles. The fraction of sp³-hybridized carbons (Fsp3) is 0.273. The largest absolute Gasteiger partial charge is 0.464 e. The Balaban J connectivity index is 2.47. The van der Waals surface area contributed by atoms with E-state index in [1.165, 1.54) is 18.4 Å². The van der Waals surface area contributed by atoms with Crippen LogP contribution in [0.3, 0.4) is 0 Å². The number of carbonyl (C=O) groups is 1. The van der Waals surface area contributed by atoms with E-state index in [4.69, 9.17) is 4.42 Å². The number of hydrogen-bond acceptors (Lipinski definition) is 5. The van der Waals surface area contributed by atoms with Crippen molar-refractivity contribution in [2.24, 2.45) is 0 Å². The quantitative estimate of drug-likeness (QED) is 0.813. The first-order chi connectivity index (χ1) is 8.15. The van der Waals surface area contributed by atoms with Crippen LogP contribution in [-0.4, -0.2) is 18.1 Å². The van der Waals surface area contributed by atoms with Gasteiger partial charge in [0, 0.05) is 6.42 Å². The second-order valence-electron chi connectivity index (χ2n) is 3.26. The number of esters is 1. The number of halogens is 1. The summed E-state index contributed by atoms with van der Waals surface area (Å²) in [5, 5.41) is 0. The molecule has 2 aromatic heterocycles. The van der Waals surface area contributed by atoms with Crippen LogP contribution in [0.15, 0.2) is 20.5 Å². The van der Waals surface area contributed by atoms with Crippen LogP contribution in [0.5, 0.6) is 0 Å². The lowest BCUT2D eigenvalue weighted by Gasteiger charge is -1.97. The Morgan fingerprint density at radius 3 is 2.94 bits per heavy atom. The highest BCUT2D eigenvalue weighted by Gasteiger charge is 2.21. The number of methoxy groups -OCH3 is 1. The van der Waals surface area contributed by atoms with Crippen LogP contribution in [0.1, 0.15) is 23.2 Å². The average molecular weight is 316 g/mol. The fourth-order valence-electron chi connectivity index (χ4n) is 1.39. The van der Waals surface area contributed by atoms with Crippen LogP contribution in [0, 0.1) is 0 Å². The van der Waals surface area contributed by atoms with E-state index in [0.717, 1.165) is 12.2 Å². The number of furan rings is 1. The van der Waals surface area contributed by atoms with Crippen molar-refractivity contribution in [2.45, 2.75) is 13.3 Å². The molecule has 0 N–H and O–H groups in total. The summed E-state index contributed by atoms with van der Waals surface area (Å²) in [6.07, 6.45) is 0.813. The number of carbonyl (C=O) groups excluding carboxylic acids is 1. The Bertz CT molecular complexity index is 547. The van der Waals surface area contributed by atoms with Gasteiger partial charge in [-0.3, -0.25) is 0 Å². The molecule has 0 saturated carbocycles. The van der Waals surface area contributed by atoms with E-state index in [-0.39, 0.29) is 5.69 Å². The van der Waals surface area contributed by atoms with Gasteiger partial charge in [-0.2, -0.15) is 0 Å². The first-order valence-corrected chi connectivity index (χ1v) is 6.60. The zero-order chi connectivity index (χ0) is 12.4. The number of nitrogens with zero attached hydrogens (tertiary/aromatic N) is 1. The highest BCUT2D eigenvalue weighted by Crippen LogP contribution is 2.34. The van der Waals surface area contributed by atoms with E-state index in [1.807, 2.05) is 19.1 Å². The molecule has 6 heteroatoms. The number of thiazole rings is 1. The summed E-state index contributed by atoms with van der Waals surface area (Å²) in [6.45, 7) is 2.01. The molecular weight excluding hydrogens is 306 g/mol. The van der Waals surface area contributed by atoms with Gasteiger partial charge in [0.1, 0.15) is 16.4 Å². The summed E-state index contributed by atoms with van der Waals surface area (Å²) in [6, 6.07) is 3.73. The minimum atomic E-state index is -0.462. The number of ether oxygens (including phenoxy) is 1. The molecule has 4 nitrogen and oxygen atoms in total. The Kier molecular flexibility index (Phi) is 3.63. The zero-order valence-electron chi connectivity index (χ0n) is 9.32. The lowest BCUT2D eigenvalue weighted by Crippen LogP contribution is -2.02. The molecule has 0 atom stereocenters. The van der Waals surface area contributed by atoms with Crippen molar-refractivity contribution in [3.8, 4) is 10.6 Å². The summed E-state index contributed by atoms with van der Waals surface area (Å²) in [5.74, 6) is 1.06. The van der Waals surface area contributed by atoms with Crippen LogP contribution < -0.4 is 0 Å². The Morgan fingerprint density at radius 2 is 2.35 bits per heavy atom. The van der Waals surface area contributed by atoms with Crippen molar-refractivity contribution in [3.63, 3.8) is 0 Å². The summed E-state index contributed by atoms with van der Waals surface area (Å²) in [7, 11) is 1.33. The first kappa shape index (κ1) is 12.3. The van der Waals surface area contributed by atoms with Gasteiger partial charge in [0.2, 0.25) is 0 Å². The van der Waals surface area contributed by atoms with E-state index in [9.17, 15) is 4.79 Å². The molecule has 0 aliphatic rings. The maximum atomic E-state index is 11.6. The minimum absolute atomic E-state index is 0.279. The number of aromatic nitrogens is 1. The molecular formula is C11H10BrNO3S. The van der Waals surface area contributed by atoms with Crippen LogP contribution >= 0.6 is 27.3 Å². The maximum absolute atomic E-state index is 11.6. The van der Waals surface area contributed by atoms with Crippen LogP contribution in [0.25, 0.3) is 10.6 Å². The molecule has 0 amide bonds. The van der Waals surface area contributed by atoms with Gasteiger partial charge in [0.05, 0.1) is 7.11 Å². The topological polar surface area (TPSA) is 52.3 Å². The van der Waals surface area contributed by atoms with Crippen molar-refractivity contribution in [3.05, 3.63) is 27.5 Å². The molecule has 2 rings (SSSR count). The van der Waals surface area contributed by atoms with E-state index >= 15 is 0 Å². The fourth-order valence-corrected chi connectivity index (χ4v) is 2.79. The van der Waals surface area contributed by atoms with Gasteiger partial charge in [0.25, 0.3) is 0 Å². The summed E-state index contributed by atoms with van der Waals surface area (Å²) in [5.41, 5.74) is 0.279. The molecule has 0 radical (unpaired) electrons. The van der Waals surface area contributed by atoms with Gasteiger partial charge < -0.3 is 9.15 Å². The molecule has 17 heavy (non-hydrogen) atoms. The third-order valence-corrected chi connectivity index (χ3v) is 3.74. The second-order valence-corrected chi connectivity index (χ2v) is 5.53. The van der Waals surface area contributed by atoms with Gasteiger partial charge >= 0.3 is 5.97 Å². The van der Waals surface area contributed by atoms with Gasteiger partial charge in [-0.1, -0.05) is 6.92 Å². The molecule has 90 valence electrons. The van der Waals surface area contributed by atoms with E-state index in [0.29, 0.717) is 14.6 Å². The first-order valence-electron chi connectivity index (χ1n) is 4.99. The SMILES string of the molecule is CCc1ccc(-c2sc(Br)nc2C(=O)OC)o1. The molecule has 0 aromatic carbocycles. The summed E-state index contributed by atoms with van der Waals surface area (Å²) >= 11 is 4.61. The lowest BCUT2D eigenvalue weighted by molar-refractivity contribution is 0.0595. The maximum Gasteiger partial charge on any atom is 0.358 e. The minimum Gasteiger partial charge on any atom is -0.464 e. The van der Waals surface area contributed by atoms with Crippen molar-refractivity contribution >= 4 is 33.2 Å². The predicted octanol–water partition coefficient (Wildman–Crippen LogP) is 3.51. The van der Waals surface area contributed by atoms with Gasteiger partial charge in [0.15, 0.2) is 9.61 Å². The molecule has 0 unspecified atom stereocenters. The Morgan fingerprint density at radius 1 is 1.59 bits per heavy atom. The van der Waals surface area contributed by atoms with Crippen molar-refractivity contribution in [1.29, 1.82) is 0 Å². The van der Waals surface area contributed by atoms with Crippen molar-refractivity contribution < 1.29 is 13.9 Å². The van der Waals surface area contributed by atoms with Crippen LogP contribution in [0.2, 0.25) is 0 Å². The van der Waals surface area contributed by atoms with Crippen molar-refractivity contribution in [1.82, 2.24) is 4.98 Å². The highest BCUT2D eigenvalue weighted by molar-refractivity contribution is 9.11. The third kappa shape index (κ3) is 2.42. The van der Waals surface area contributed by atoms with Crippen molar-refractivity contribution in [2.75, 3.05) is 7.11 Å². The van der Waals surface area contributed by atoms with Gasteiger partial charge in [-0.05, 0) is 28.1 Å². The molecule has 0 bridgehead atoms. The smallest absolute Gasteiger partial charge is 0.358 e. The van der Waals surface area contributed by atoms with Crippen LogP contribution in [-0.2, 0) is 11.2 Å². The molecule has 0 spiro atoms. The Labute approximate surface area is 111 Å². The summed E-state index contributed by atoms with van der Waals surface area (Å²) in [4.78, 5) is 16.3. The van der Waals surface area contributed by atoms with Gasteiger partial charge in [-0.15, -0.1) is 11.3 Å². The number of aryl methyl sites for hydroxylation is 1. The lowest BCUT2D eigenvalue weighted by atomic mass is 10.3. The molecule has 0 aliphatic carbocycles. The van der Waals surface area contributed by atoms with Crippen LogP contribution in [0.4, 0.5) is 0 Å². The second kappa shape index (κ2) is 5.01. The summed E-state index contributed by atoms with van der Waals surface area (Å²) < 4.78 is 10.9. The Hall–Kier alpha value is -1.14. The number of hydrogen-bond donors (Lipinski definition) is 0. The molecule has 0 saturated heterocycles. The van der Waals surface area contributed by atoms with E-state index < -0.39 is 5.97 Å². The van der Waals surface area contributed by atoms with Gasteiger partial charge in [-0.25, -0.2) is 9.78 Å². The molecule has 2 aromatic rings. The normalized spacial score (nSPS) is 10.5. The molecule has 2 heterocycles. The monoisotopic (exact) mass is 315 g/mol. The standard InChI is InChI=1S/C11H10BrNO3S/c1-3-6-4-5-7(16-6)9-8(10(14)15-2)13-11(12)17-9/h4-5H,3H2,1-2H3. The van der Waals surface area contributed by atoms with E-state index in [1.54, 1.807) is 0 Å². The zero-order valence-corrected chi connectivity index (χ0v) is 11.7. The number of rotatable bonds is 3. The van der Waals surface area contributed by atoms with E-state index in [2.05, 4.69) is 25.7 Å². The average Bonchev–Trinajstić information content (AvgIpc) is 2.93. The molecule has 0 fully saturated rings. The highest BCUT2D eigenvalue weighted by atomic mass is 79.9. The predicted molar refractivity (Wildman–Crippen MR) is 68.2 cm³/mol. The third-order valence-electron chi connectivity index (χ3n) is 2.21.